The highest BCUT2D eigenvalue weighted by Crippen LogP contribution is 2.53. The molecule has 0 atom stereocenters. The van der Waals surface area contributed by atoms with Gasteiger partial charge in [0, 0.05) is 112 Å². The molecule has 3 amide bonds. The Kier molecular flexibility index (Phi) is 24.3. The van der Waals surface area contributed by atoms with E-state index in [1.807, 2.05) is 60.7 Å². The molecular formula is C81H90F3N19O5. The fourth-order valence-electron chi connectivity index (χ4n) is 13.7. The Balaban J connectivity index is 0.000000151. The molecular weight excluding hydrogens is 1380 g/mol. The second-order valence-corrected chi connectivity index (χ2v) is 28.4. The predicted molar refractivity (Wildman–Crippen MR) is 419 cm³/mol. The van der Waals surface area contributed by atoms with Gasteiger partial charge in [-0.25, -0.2) is 28.1 Å². The first-order chi connectivity index (χ1) is 52.1. The maximum absolute atomic E-state index is 14.5. The third kappa shape index (κ3) is 21.1. The van der Waals surface area contributed by atoms with E-state index >= 15 is 0 Å². The van der Waals surface area contributed by atoms with Crippen molar-refractivity contribution in [1.82, 2.24) is 39.7 Å². The number of amides is 3. The molecule has 6 aromatic carbocycles. The van der Waals surface area contributed by atoms with Crippen LogP contribution in [-0.2, 0) is 20.9 Å². The van der Waals surface area contributed by atoms with E-state index in [9.17, 15) is 27.6 Å². The molecule has 0 unspecified atom stereocenters. The third-order valence-corrected chi connectivity index (χ3v) is 20.4. The van der Waals surface area contributed by atoms with Gasteiger partial charge in [0.25, 0.3) is 0 Å². The summed E-state index contributed by atoms with van der Waals surface area (Å²) >= 11 is 0. The molecule has 4 bridgehead atoms. The minimum absolute atomic E-state index is 0.00165. The number of halogens is 3. The van der Waals surface area contributed by atoms with Gasteiger partial charge < -0.3 is 73.7 Å². The summed E-state index contributed by atoms with van der Waals surface area (Å²) in [5.41, 5.74) is 20.3. The average molecular weight is 1470 g/mol. The second kappa shape index (κ2) is 34.6. The molecule has 1 saturated heterocycles. The van der Waals surface area contributed by atoms with Crippen LogP contribution in [0.3, 0.4) is 0 Å². The SMILES string of the molecule is C=CC(=O)Nc1cccc(Nc2nc(Nc3ccc(CN4CCN(C)CC4)cc3)ncc2F)c1.C=CC(=O)Nc1cccc(Nc2nc(Nc3ccc(OCC45CCC(N)(CC4)CC5)cc3)ncc2F)c1.C=CC(=O)Nc1cccc(Nc2nc(Nc3cccc(OCC45CCC(N)(CC4)CC5)c3)ncc2F)c1. The van der Waals surface area contributed by atoms with Crippen LogP contribution in [0.25, 0.3) is 0 Å². The van der Waals surface area contributed by atoms with Crippen LogP contribution >= 0.6 is 0 Å². The van der Waals surface area contributed by atoms with Crippen LogP contribution in [-0.4, -0.2) is 115 Å². The van der Waals surface area contributed by atoms with Crippen LogP contribution in [0, 0.1) is 28.3 Å². The summed E-state index contributed by atoms with van der Waals surface area (Å²) in [6, 6.07) is 43.9. The van der Waals surface area contributed by atoms with Gasteiger partial charge in [0.1, 0.15) is 11.5 Å². The molecule has 6 saturated carbocycles. The summed E-state index contributed by atoms with van der Waals surface area (Å²) in [4.78, 5) is 64.4. The number of anilines is 15. The molecule has 6 aliphatic carbocycles. The number of likely N-dealkylation sites (N-methyl/N-ethyl adjacent to an activating group) is 1. The number of nitrogens with zero attached hydrogens (tertiary/aromatic N) is 8. The zero-order valence-corrected chi connectivity index (χ0v) is 60.3. The number of hydrogen-bond donors (Lipinski definition) is 11. The number of aromatic nitrogens is 6. The molecule has 13 N–H and O–H groups in total. The van der Waals surface area contributed by atoms with E-state index in [-0.39, 0.29) is 74.9 Å². The number of carbonyl (C=O) groups is 3. The smallest absolute Gasteiger partial charge is 0.247 e. The van der Waals surface area contributed by atoms with Gasteiger partial charge in [-0.3, -0.25) is 19.3 Å². The Morgan fingerprint density at radius 2 is 0.759 bits per heavy atom. The lowest BCUT2D eigenvalue weighted by Gasteiger charge is -2.51. The average Bonchev–Trinajstić information content (AvgIpc) is 0.775. The van der Waals surface area contributed by atoms with Crippen LogP contribution in [0.15, 0.2) is 202 Å². The lowest BCUT2D eigenvalue weighted by atomic mass is 9.58. The zero-order valence-electron chi connectivity index (χ0n) is 60.3. The van der Waals surface area contributed by atoms with Crippen LogP contribution in [0.1, 0.15) is 82.6 Å². The highest BCUT2D eigenvalue weighted by atomic mass is 19.1. The van der Waals surface area contributed by atoms with E-state index in [2.05, 4.69) is 126 Å². The molecule has 3 aromatic heterocycles. The maximum Gasteiger partial charge on any atom is 0.247 e. The Morgan fingerprint density at radius 3 is 1.14 bits per heavy atom. The van der Waals surface area contributed by atoms with Crippen molar-refractivity contribution < 1.29 is 37.0 Å². The third-order valence-electron chi connectivity index (χ3n) is 20.4. The zero-order chi connectivity index (χ0) is 75.7. The molecule has 27 heteroatoms. The number of hydrogen-bond acceptors (Lipinski definition) is 21. The van der Waals surface area contributed by atoms with E-state index in [0.717, 1.165) is 157 Å². The van der Waals surface area contributed by atoms with Crippen LogP contribution in [0.4, 0.5) is 99.7 Å². The molecule has 9 aromatic rings. The van der Waals surface area contributed by atoms with Gasteiger partial charge in [0.15, 0.2) is 34.9 Å². The van der Waals surface area contributed by atoms with Gasteiger partial charge in [-0.1, -0.05) is 56.1 Å². The maximum atomic E-state index is 14.5. The van der Waals surface area contributed by atoms with Crippen molar-refractivity contribution in [1.29, 1.82) is 0 Å². The summed E-state index contributed by atoms with van der Waals surface area (Å²) in [5, 5.41) is 26.2. The summed E-state index contributed by atoms with van der Waals surface area (Å²) in [6.45, 7) is 16.9. The monoisotopic (exact) mass is 1470 g/mol. The van der Waals surface area contributed by atoms with Gasteiger partial charge in [-0.15, -0.1) is 0 Å². The quantitative estimate of drug-likeness (QED) is 0.0224. The van der Waals surface area contributed by atoms with Gasteiger partial charge in [-0.2, -0.15) is 15.0 Å². The normalized spacial score (nSPS) is 19.8. The number of benzene rings is 6. The van der Waals surface area contributed by atoms with Crippen molar-refractivity contribution in [2.75, 3.05) is 94.3 Å². The molecule has 0 spiro atoms. The first-order valence-corrected chi connectivity index (χ1v) is 36.0. The Hall–Kier alpha value is -11.8. The van der Waals surface area contributed by atoms with E-state index < -0.39 is 17.5 Å². The first-order valence-electron chi connectivity index (χ1n) is 36.0. The number of rotatable bonds is 26. The lowest BCUT2D eigenvalue weighted by molar-refractivity contribution is -0.112. The van der Waals surface area contributed by atoms with Crippen molar-refractivity contribution >= 4 is 104 Å². The number of nitrogens with two attached hydrogens (primary N) is 2. The molecule has 4 heterocycles. The Labute approximate surface area is 626 Å². The minimum atomic E-state index is -0.608. The van der Waals surface area contributed by atoms with Crippen molar-refractivity contribution in [3.05, 3.63) is 225 Å². The largest absolute Gasteiger partial charge is 0.493 e. The highest BCUT2D eigenvalue weighted by Gasteiger charge is 2.48. The molecule has 24 nitrogen and oxygen atoms in total. The number of carbonyl (C=O) groups excluding carboxylic acids is 3. The minimum Gasteiger partial charge on any atom is -0.493 e. The summed E-state index contributed by atoms with van der Waals surface area (Å²) in [7, 11) is 2.15. The van der Waals surface area contributed by atoms with Crippen molar-refractivity contribution in [3.63, 3.8) is 0 Å². The van der Waals surface area contributed by atoms with Crippen molar-refractivity contribution in [3.8, 4) is 11.5 Å². The fraction of sp³-hybridized carbons (Fsp3) is 0.296. The van der Waals surface area contributed by atoms with Gasteiger partial charge in [-0.05, 0) is 211 Å². The first kappa shape index (κ1) is 75.9. The van der Waals surface area contributed by atoms with Crippen molar-refractivity contribution in [2.45, 2.75) is 94.7 Å². The predicted octanol–water partition coefficient (Wildman–Crippen LogP) is 15.3. The number of nitrogens with one attached hydrogen (secondary N) is 9. The lowest BCUT2D eigenvalue weighted by Crippen LogP contribution is -2.53. The highest BCUT2D eigenvalue weighted by molar-refractivity contribution is 6.00. The summed E-state index contributed by atoms with van der Waals surface area (Å²) in [5.74, 6) is -0.465. The van der Waals surface area contributed by atoms with Gasteiger partial charge >= 0.3 is 0 Å². The van der Waals surface area contributed by atoms with E-state index in [1.54, 1.807) is 72.8 Å². The van der Waals surface area contributed by atoms with Crippen molar-refractivity contribution in [2.24, 2.45) is 22.3 Å². The van der Waals surface area contributed by atoms with E-state index in [1.165, 1.54) is 23.8 Å². The second-order valence-electron chi connectivity index (χ2n) is 28.4. The molecule has 0 radical (unpaired) electrons. The van der Waals surface area contributed by atoms with Crippen LogP contribution < -0.4 is 68.8 Å². The van der Waals surface area contributed by atoms with Crippen LogP contribution in [0.5, 0.6) is 11.5 Å². The van der Waals surface area contributed by atoms with Gasteiger partial charge in [0.2, 0.25) is 35.6 Å². The summed E-state index contributed by atoms with van der Waals surface area (Å²) in [6.07, 6.45) is 20.1. The van der Waals surface area contributed by atoms with E-state index in [4.69, 9.17) is 20.9 Å². The molecule has 7 fully saturated rings. The Bertz CT molecular complexity index is 4630. The van der Waals surface area contributed by atoms with Crippen LogP contribution in [0.2, 0.25) is 0 Å². The fourth-order valence-corrected chi connectivity index (χ4v) is 13.7. The number of piperazine rings is 1. The molecule has 108 heavy (non-hydrogen) atoms. The molecule has 1 aliphatic heterocycles. The molecule has 16 rings (SSSR count). The number of ether oxygens (including phenoxy) is 2. The topological polar surface area (TPSA) is 314 Å². The molecule has 7 aliphatic rings. The summed E-state index contributed by atoms with van der Waals surface area (Å²) < 4.78 is 55.6. The molecule has 560 valence electrons. The van der Waals surface area contributed by atoms with Gasteiger partial charge in [0.05, 0.1) is 31.8 Å². The Morgan fingerprint density at radius 1 is 0.426 bits per heavy atom. The van der Waals surface area contributed by atoms with E-state index in [0.29, 0.717) is 47.3 Å². The number of fused-ring (bicyclic) bond motifs is 6. The standard InChI is InChI=1S/2C28H31FN6O2.C25H28FN7O/c1-2-24(36)32-19-5-3-6-20(15-19)33-25-23(29)17-31-26(35-25)34-21-7-4-8-22(16-21)37-18-27-9-12-28(30,13-10-27)14-11-27;1-2-24(36)32-20-4-3-5-21(16-20)33-25-23(29)17-31-26(35-25)34-19-6-8-22(9-7-19)37-18-27-10-13-28(30,14-11-27)15-12-27;1-3-23(34)28-20-5-4-6-21(15-20)29-24-22(26)16-27-25(31-24)30-19-9-7-18(8-10-19)17-33-13-11-32(2)12-14-33/h2-8,15-17H,1,9-14,18,30H2,(H,32,36)(H2,31,33,34,35);2-9,16-17H,1,10-15,18,30H2,(H,32,36)(H2,31,33,34,35);3-10,15-16H,1,11-14,17H2,2H3,(H,28,34)(H2,27,29,30,31).